The smallest absolute Gasteiger partial charge is 0.321 e. The number of ether oxygens (including phenoxy) is 1. The van der Waals surface area contributed by atoms with Gasteiger partial charge in [0, 0.05) is 6.20 Å². The lowest BCUT2D eigenvalue weighted by atomic mass is 9.93. The van der Waals surface area contributed by atoms with Crippen molar-refractivity contribution < 1.29 is 18.7 Å². The topological polar surface area (TPSA) is 69.2 Å². The molecule has 0 N–H and O–H groups in total. The van der Waals surface area contributed by atoms with Gasteiger partial charge < -0.3 is 4.74 Å². The Morgan fingerprint density at radius 2 is 1.90 bits per heavy atom. The van der Waals surface area contributed by atoms with Crippen LogP contribution in [0.4, 0.5) is 4.39 Å². The molecule has 1 aromatic carbocycles. The lowest BCUT2D eigenvalue weighted by molar-refractivity contribution is -0.141. The molecule has 2 aromatic rings. The second-order valence-corrected chi connectivity index (χ2v) is 4.42. The van der Waals surface area contributed by atoms with Crippen molar-refractivity contribution in [2.45, 2.75) is 5.92 Å². The minimum absolute atomic E-state index is 0.0188. The molecule has 0 aliphatic rings. The van der Waals surface area contributed by atoms with Crippen LogP contribution in [0, 0.1) is 5.82 Å². The van der Waals surface area contributed by atoms with Crippen LogP contribution < -0.4 is 0 Å². The Bertz CT molecular complexity index is 676. The molecule has 1 unspecified atom stereocenters. The number of halogens is 2. The Labute approximate surface area is 124 Å². The number of hydrogen-bond acceptors (Lipinski definition) is 5. The number of carbonyl (C=O) groups is 2. The molecule has 0 radical (unpaired) electrons. The van der Waals surface area contributed by atoms with Gasteiger partial charge in [-0.3, -0.25) is 9.59 Å². The van der Waals surface area contributed by atoms with Crippen molar-refractivity contribution in [3.05, 3.63) is 58.9 Å². The molecule has 1 aromatic heterocycles. The van der Waals surface area contributed by atoms with Gasteiger partial charge in [-0.05, 0) is 35.4 Å². The normalized spacial score (nSPS) is 11.8. The minimum Gasteiger partial charge on any atom is -0.468 e. The van der Waals surface area contributed by atoms with E-state index in [0.717, 1.165) is 12.1 Å². The van der Waals surface area contributed by atoms with Gasteiger partial charge in [-0.25, -0.2) is 14.4 Å². The van der Waals surface area contributed by atoms with E-state index in [0.29, 0.717) is 5.56 Å². The fraction of sp³-hybridized carbons (Fsp3) is 0.143. The lowest BCUT2D eigenvalue weighted by Gasteiger charge is -2.13. The summed E-state index contributed by atoms with van der Waals surface area (Å²) in [5.41, 5.74) is 0.290. The number of methoxy groups -OCH3 is 1. The zero-order chi connectivity index (χ0) is 15.4. The number of benzene rings is 1. The highest BCUT2D eigenvalue weighted by atomic mass is 35.5. The van der Waals surface area contributed by atoms with E-state index in [-0.39, 0.29) is 11.0 Å². The Morgan fingerprint density at radius 1 is 1.24 bits per heavy atom. The highest BCUT2D eigenvalue weighted by Gasteiger charge is 2.31. The second kappa shape index (κ2) is 6.41. The molecule has 108 valence electrons. The first-order valence-electron chi connectivity index (χ1n) is 5.89. The first-order chi connectivity index (χ1) is 10.0. The van der Waals surface area contributed by atoms with Gasteiger partial charge in [-0.1, -0.05) is 12.1 Å². The molecule has 1 atom stereocenters. The predicted octanol–water partition coefficient (Wildman–Crippen LogP) is 2.41. The lowest BCUT2D eigenvalue weighted by Crippen LogP contribution is -2.24. The molecule has 5 nitrogen and oxygen atoms in total. The second-order valence-electron chi connectivity index (χ2n) is 4.08. The number of aromatic nitrogens is 2. The minimum atomic E-state index is -1.23. The highest BCUT2D eigenvalue weighted by Crippen LogP contribution is 2.22. The molecule has 7 heteroatoms. The number of Topliss-reactive ketones (excluding diaryl/α,β-unsaturated/α-hetero) is 1. The molecule has 0 aliphatic heterocycles. The number of ketones is 1. The molecule has 0 aliphatic carbocycles. The van der Waals surface area contributed by atoms with Crippen molar-refractivity contribution in [1.29, 1.82) is 0 Å². The first kappa shape index (κ1) is 15.1. The van der Waals surface area contributed by atoms with Crippen molar-refractivity contribution in [3.8, 4) is 0 Å². The van der Waals surface area contributed by atoms with Crippen molar-refractivity contribution >= 4 is 23.4 Å². The Kier molecular flexibility index (Phi) is 4.59. The van der Waals surface area contributed by atoms with Crippen molar-refractivity contribution in [3.63, 3.8) is 0 Å². The van der Waals surface area contributed by atoms with Crippen molar-refractivity contribution in [2.24, 2.45) is 0 Å². The van der Waals surface area contributed by atoms with Crippen LogP contribution in [-0.4, -0.2) is 28.8 Å². The zero-order valence-electron chi connectivity index (χ0n) is 10.9. The zero-order valence-corrected chi connectivity index (χ0v) is 11.7. The van der Waals surface area contributed by atoms with Crippen LogP contribution in [0.15, 0.2) is 36.5 Å². The maximum absolute atomic E-state index is 13.0. The summed E-state index contributed by atoms with van der Waals surface area (Å²) >= 11 is 5.63. The van der Waals surface area contributed by atoms with Gasteiger partial charge >= 0.3 is 5.97 Å². The van der Waals surface area contributed by atoms with E-state index in [1.165, 1.54) is 31.5 Å². The van der Waals surface area contributed by atoms with Crippen LogP contribution in [0.3, 0.4) is 0 Å². The van der Waals surface area contributed by atoms with Crippen LogP contribution in [0.2, 0.25) is 5.28 Å². The highest BCUT2D eigenvalue weighted by molar-refractivity contribution is 6.28. The summed E-state index contributed by atoms with van der Waals surface area (Å²) < 4.78 is 17.6. The van der Waals surface area contributed by atoms with Gasteiger partial charge in [0.05, 0.1) is 7.11 Å². The molecular weight excluding hydrogens is 299 g/mol. The van der Waals surface area contributed by atoms with E-state index in [1.54, 1.807) is 0 Å². The number of nitrogens with zero attached hydrogens (tertiary/aromatic N) is 2. The van der Waals surface area contributed by atoms with Crippen LogP contribution >= 0.6 is 11.6 Å². The summed E-state index contributed by atoms with van der Waals surface area (Å²) in [6.45, 7) is 0. The summed E-state index contributed by atoms with van der Waals surface area (Å²) in [6, 6.07) is 6.35. The standard InChI is InChI=1S/C14H10ClFN2O3/c1-21-13(20)11(8-2-4-9(16)5-3-8)12(19)10-6-7-17-14(15)18-10/h2-7,11H,1H3. The average Bonchev–Trinajstić information content (AvgIpc) is 2.49. The van der Waals surface area contributed by atoms with E-state index in [4.69, 9.17) is 11.6 Å². The molecule has 0 amide bonds. The Morgan fingerprint density at radius 3 is 2.48 bits per heavy atom. The maximum atomic E-state index is 13.0. The molecule has 0 saturated heterocycles. The largest absolute Gasteiger partial charge is 0.468 e. The Hall–Kier alpha value is -2.34. The number of hydrogen-bond donors (Lipinski definition) is 0. The summed E-state index contributed by atoms with van der Waals surface area (Å²) in [7, 11) is 1.17. The van der Waals surface area contributed by atoms with E-state index in [2.05, 4.69) is 14.7 Å². The molecular formula is C14H10ClFN2O3. The molecule has 1 heterocycles. The van der Waals surface area contributed by atoms with Gasteiger partial charge in [0.1, 0.15) is 17.4 Å². The molecule has 2 rings (SSSR count). The molecule has 0 bridgehead atoms. The monoisotopic (exact) mass is 308 g/mol. The van der Waals surface area contributed by atoms with Crippen molar-refractivity contribution in [2.75, 3.05) is 7.11 Å². The SMILES string of the molecule is COC(=O)C(C(=O)c1ccnc(Cl)n1)c1ccc(F)cc1. The summed E-state index contributed by atoms with van der Waals surface area (Å²) in [4.78, 5) is 31.8. The van der Waals surface area contributed by atoms with Crippen LogP contribution in [0.1, 0.15) is 22.0 Å². The van der Waals surface area contributed by atoms with Crippen LogP contribution in [-0.2, 0) is 9.53 Å². The molecule has 0 saturated carbocycles. The number of carbonyl (C=O) groups excluding carboxylic acids is 2. The third-order valence-electron chi connectivity index (χ3n) is 2.78. The van der Waals surface area contributed by atoms with E-state index in [1.807, 2.05) is 0 Å². The number of rotatable bonds is 4. The molecule has 0 spiro atoms. The molecule has 21 heavy (non-hydrogen) atoms. The molecule has 0 fully saturated rings. The first-order valence-corrected chi connectivity index (χ1v) is 6.26. The summed E-state index contributed by atoms with van der Waals surface area (Å²) in [6.07, 6.45) is 1.31. The van der Waals surface area contributed by atoms with Gasteiger partial charge in [-0.2, -0.15) is 0 Å². The summed E-state index contributed by atoms with van der Waals surface area (Å²) in [5, 5.41) is -0.108. The Balaban J connectivity index is 2.43. The van der Waals surface area contributed by atoms with Crippen molar-refractivity contribution in [1.82, 2.24) is 9.97 Å². The van der Waals surface area contributed by atoms with Gasteiger partial charge in [-0.15, -0.1) is 0 Å². The fourth-order valence-corrected chi connectivity index (χ4v) is 1.93. The quantitative estimate of drug-likeness (QED) is 0.375. The van der Waals surface area contributed by atoms with Gasteiger partial charge in [0.15, 0.2) is 5.78 Å². The van der Waals surface area contributed by atoms with Crippen LogP contribution in [0.5, 0.6) is 0 Å². The third-order valence-corrected chi connectivity index (χ3v) is 2.96. The summed E-state index contributed by atoms with van der Waals surface area (Å²) in [5.74, 6) is -3.07. The predicted molar refractivity (Wildman–Crippen MR) is 72.5 cm³/mol. The maximum Gasteiger partial charge on any atom is 0.321 e. The average molecular weight is 309 g/mol. The van der Waals surface area contributed by atoms with Gasteiger partial charge in [0.2, 0.25) is 5.28 Å². The van der Waals surface area contributed by atoms with Crippen LogP contribution in [0.25, 0.3) is 0 Å². The number of esters is 1. The van der Waals surface area contributed by atoms with Gasteiger partial charge in [0.25, 0.3) is 0 Å². The van der Waals surface area contributed by atoms with E-state index < -0.39 is 23.5 Å². The van der Waals surface area contributed by atoms with E-state index >= 15 is 0 Å². The van der Waals surface area contributed by atoms with E-state index in [9.17, 15) is 14.0 Å². The fourth-order valence-electron chi connectivity index (χ4n) is 1.79. The third kappa shape index (κ3) is 3.41.